The predicted octanol–water partition coefficient (Wildman–Crippen LogP) is 7.31. The molecule has 2 rings (SSSR count). The molecule has 0 spiro atoms. The number of carboxylic acid groups (broad SMARTS) is 2. The Morgan fingerprint density at radius 2 is 0.947 bits per heavy atom. The number of benzene rings is 2. The third-order valence-electron chi connectivity index (χ3n) is 6.66. The van der Waals surface area contributed by atoms with E-state index < -0.39 is 24.1 Å². The molecule has 0 bridgehead atoms. The molecule has 214 valence electrons. The van der Waals surface area contributed by atoms with Crippen LogP contribution in [-0.2, 0) is 10.8 Å². The molecule has 2 atom stereocenters. The topological polar surface area (TPSA) is 115 Å². The Bertz CT molecular complexity index is 909. The number of rotatable bonds is 7. The van der Waals surface area contributed by atoms with Gasteiger partial charge in [0.05, 0.1) is 23.3 Å². The van der Waals surface area contributed by atoms with Crippen LogP contribution >= 0.6 is 0 Å². The SMILES string of the molecule is CC(C)(C)c1ccc(C(=O)O)cc1.CC(C)(C)c1ccc(C(=O)O)cc1.CCCC(O)C(C)(C)C(O)CC. The van der Waals surface area contributed by atoms with Crippen LogP contribution in [0.25, 0.3) is 0 Å². The second-order valence-corrected chi connectivity index (χ2v) is 12.3. The van der Waals surface area contributed by atoms with Crippen molar-refractivity contribution in [1.82, 2.24) is 0 Å². The minimum absolute atomic E-state index is 0.0804. The van der Waals surface area contributed by atoms with E-state index in [-0.39, 0.29) is 16.2 Å². The summed E-state index contributed by atoms with van der Waals surface area (Å²) in [6.45, 7) is 20.4. The van der Waals surface area contributed by atoms with Crippen LogP contribution in [0, 0.1) is 5.41 Å². The average molecular weight is 531 g/mol. The Morgan fingerprint density at radius 3 is 1.16 bits per heavy atom. The average Bonchev–Trinajstić information content (AvgIpc) is 2.83. The van der Waals surface area contributed by atoms with Crippen molar-refractivity contribution in [2.24, 2.45) is 5.41 Å². The maximum atomic E-state index is 10.6. The zero-order valence-electron chi connectivity index (χ0n) is 25.0. The quantitative estimate of drug-likeness (QED) is 0.298. The van der Waals surface area contributed by atoms with Gasteiger partial charge in [-0.25, -0.2) is 9.59 Å². The molecule has 0 radical (unpaired) electrons. The number of hydrogen-bond donors (Lipinski definition) is 4. The highest BCUT2D eigenvalue weighted by atomic mass is 16.4. The first-order valence-corrected chi connectivity index (χ1v) is 13.3. The van der Waals surface area contributed by atoms with Crippen LogP contribution in [0.4, 0.5) is 0 Å². The van der Waals surface area contributed by atoms with Crippen molar-refractivity contribution in [3.8, 4) is 0 Å². The Labute approximate surface area is 229 Å². The molecule has 0 heterocycles. The van der Waals surface area contributed by atoms with E-state index >= 15 is 0 Å². The van der Waals surface area contributed by atoms with Crippen molar-refractivity contribution < 1.29 is 30.0 Å². The van der Waals surface area contributed by atoms with E-state index in [1.54, 1.807) is 24.3 Å². The molecule has 2 aromatic carbocycles. The Morgan fingerprint density at radius 1 is 0.632 bits per heavy atom. The molecular weight excluding hydrogens is 480 g/mol. The van der Waals surface area contributed by atoms with Gasteiger partial charge in [-0.05, 0) is 59.1 Å². The lowest BCUT2D eigenvalue weighted by Crippen LogP contribution is -2.40. The fraction of sp³-hybridized carbons (Fsp3) is 0.562. The van der Waals surface area contributed by atoms with Gasteiger partial charge in [-0.1, -0.05) is 99.9 Å². The molecular formula is C32H50O6. The molecule has 0 aromatic heterocycles. The Balaban J connectivity index is 0.000000541. The Kier molecular flexibility index (Phi) is 14.0. The highest BCUT2D eigenvalue weighted by Gasteiger charge is 2.33. The van der Waals surface area contributed by atoms with Crippen molar-refractivity contribution in [1.29, 1.82) is 0 Å². The summed E-state index contributed by atoms with van der Waals surface area (Å²) in [5.74, 6) is -1.75. The maximum Gasteiger partial charge on any atom is 0.335 e. The van der Waals surface area contributed by atoms with Crippen LogP contribution in [0.5, 0.6) is 0 Å². The molecule has 0 saturated heterocycles. The van der Waals surface area contributed by atoms with Crippen LogP contribution in [0.15, 0.2) is 48.5 Å². The summed E-state index contributed by atoms with van der Waals surface area (Å²) in [5, 5.41) is 36.7. The van der Waals surface area contributed by atoms with E-state index in [2.05, 4.69) is 41.5 Å². The van der Waals surface area contributed by atoms with Crippen molar-refractivity contribution in [3.05, 3.63) is 70.8 Å². The molecule has 6 heteroatoms. The van der Waals surface area contributed by atoms with Crippen molar-refractivity contribution in [3.63, 3.8) is 0 Å². The van der Waals surface area contributed by atoms with E-state index in [0.717, 1.165) is 24.0 Å². The van der Waals surface area contributed by atoms with Gasteiger partial charge in [-0.3, -0.25) is 0 Å². The lowest BCUT2D eigenvalue weighted by Gasteiger charge is -2.34. The number of carboxylic acids is 2. The molecule has 0 fully saturated rings. The third kappa shape index (κ3) is 11.8. The van der Waals surface area contributed by atoms with Gasteiger partial charge in [0.2, 0.25) is 0 Å². The van der Waals surface area contributed by atoms with E-state index in [1.165, 1.54) is 0 Å². The second-order valence-electron chi connectivity index (χ2n) is 12.3. The van der Waals surface area contributed by atoms with Crippen molar-refractivity contribution >= 4 is 11.9 Å². The largest absolute Gasteiger partial charge is 0.478 e. The smallest absolute Gasteiger partial charge is 0.335 e. The zero-order chi connectivity index (χ0) is 29.9. The molecule has 0 saturated carbocycles. The van der Waals surface area contributed by atoms with Gasteiger partial charge in [0.1, 0.15) is 0 Å². The van der Waals surface area contributed by atoms with Gasteiger partial charge in [0.15, 0.2) is 0 Å². The third-order valence-corrected chi connectivity index (χ3v) is 6.66. The number of aliphatic hydroxyl groups excluding tert-OH is 2. The van der Waals surface area contributed by atoms with Gasteiger partial charge in [0.25, 0.3) is 0 Å². The molecule has 0 amide bonds. The maximum absolute atomic E-state index is 10.6. The van der Waals surface area contributed by atoms with Gasteiger partial charge in [0, 0.05) is 5.41 Å². The molecule has 38 heavy (non-hydrogen) atoms. The number of carbonyl (C=O) groups is 2. The zero-order valence-corrected chi connectivity index (χ0v) is 25.0. The summed E-state index contributed by atoms with van der Waals surface area (Å²) in [5.41, 5.74) is 2.77. The first-order valence-electron chi connectivity index (χ1n) is 13.3. The minimum atomic E-state index is -0.875. The summed E-state index contributed by atoms with van der Waals surface area (Å²) >= 11 is 0. The normalized spacial score (nSPS) is 13.3. The van der Waals surface area contributed by atoms with Crippen LogP contribution in [-0.4, -0.2) is 44.6 Å². The monoisotopic (exact) mass is 530 g/mol. The number of aromatic carboxylic acids is 2. The fourth-order valence-corrected chi connectivity index (χ4v) is 3.62. The van der Waals surface area contributed by atoms with E-state index in [0.29, 0.717) is 17.5 Å². The predicted molar refractivity (Wildman–Crippen MR) is 155 cm³/mol. The molecule has 0 aliphatic carbocycles. The molecule has 6 nitrogen and oxygen atoms in total. The second kappa shape index (κ2) is 15.0. The lowest BCUT2D eigenvalue weighted by molar-refractivity contribution is -0.0519. The summed E-state index contributed by atoms with van der Waals surface area (Å²) in [4.78, 5) is 21.1. The van der Waals surface area contributed by atoms with Gasteiger partial charge in [-0.2, -0.15) is 0 Å². The highest BCUT2D eigenvalue weighted by molar-refractivity contribution is 5.88. The number of aliphatic hydroxyl groups is 2. The van der Waals surface area contributed by atoms with E-state index in [4.69, 9.17) is 10.2 Å². The molecule has 0 aliphatic rings. The summed E-state index contributed by atoms with van der Waals surface area (Å²) < 4.78 is 0. The van der Waals surface area contributed by atoms with Gasteiger partial charge in [-0.15, -0.1) is 0 Å². The molecule has 2 aromatic rings. The van der Waals surface area contributed by atoms with Gasteiger partial charge < -0.3 is 20.4 Å². The first-order chi connectivity index (χ1) is 17.3. The van der Waals surface area contributed by atoms with Crippen LogP contribution in [0.2, 0.25) is 0 Å². The van der Waals surface area contributed by atoms with Crippen LogP contribution < -0.4 is 0 Å². The summed E-state index contributed by atoms with van der Waals surface area (Å²) in [6, 6.07) is 14.0. The van der Waals surface area contributed by atoms with Crippen molar-refractivity contribution in [2.75, 3.05) is 0 Å². The highest BCUT2D eigenvalue weighted by Crippen LogP contribution is 2.29. The minimum Gasteiger partial charge on any atom is -0.478 e. The molecule has 2 unspecified atom stereocenters. The molecule has 4 N–H and O–H groups in total. The first kappa shape index (κ1) is 35.3. The lowest BCUT2D eigenvalue weighted by atomic mass is 9.78. The number of hydrogen-bond acceptors (Lipinski definition) is 4. The fourth-order valence-electron chi connectivity index (χ4n) is 3.62. The van der Waals surface area contributed by atoms with Crippen LogP contribution in [0.3, 0.4) is 0 Å². The van der Waals surface area contributed by atoms with E-state index in [9.17, 15) is 19.8 Å². The summed E-state index contributed by atoms with van der Waals surface area (Å²) in [7, 11) is 0. The Hall–Kier alpha value is -2.70. The van der Waals surface area contributed by atoms with E-state index in [1.807, 2.05) is 52.0 Å². The standard InChI is InChI=1S/2C11H14O2.C10H22O2/c2*1-11(2,3)9-6-4-8(5-7-9)10(12)13;1-5-7-9(12)10(3,4)8(11)6-2/h2*4-7H,1-3H3,(H,12,13);8-9,11-12H,5-7H2,1-4H3. The summed E-state index contributed by atoms with van der Waals surface area (Å²) in [6.07, 6.45) is 1.63. The van der Waals surface area contributed by atoms with Crippen molar-refractivity contribution in [2.45, 2.75) is 112 Å². The van der Waals surface area contributed by atoms with Gasteiger partial charge >= 0.3 is 11.9 Å². The van der Waals surface area contributed by atoms with Crippen LogP contribution in [0.1, 0.15) is 120 Å². The molecule has 0 aliphatic heterocycles.